The van der Waals surface area contributed by atoms with Gasteiger partial charge in [-0.25, -0.2) is 9.78 Å². The van der Waals surface area contributed by atoms with Gasteiger partial charge in [0.15, 0.2) is 5.82 Å². The van der Waals surface area contributed by atoms with E-state index >= 15 is 0 Å². The first-order chi connectivity index (χ1) is 17.5. The van der Waals surface area contributed by atoms with Gasteiger partial charge in [0.2, 0.25) is 0 Å². The maximum atomic E-state index is 13.0. The number of urea groups is 1. The normalized spacial score (nSPS) is 14.2. The van der Waals surface area contributed by atoms with Gasteiger partial charge in [-0.2, -0.15) is 0 Å². The first-order valence-electron chi connectivity index (χ1n) is 12.1. The second-order valence-corrected chi connectivity index (χ2v) is 9.20. The fourth-order valence-electron chi connectivity index (χ4n) is 4.59. The number of nitrogens with zero attached hydrogens (tertiary/aromatic N) is 4. The van der Waals surface area contributed by atoms with Crippen LogP contribution in [0.1, 0.15) is 18.9 Å². The van der Waals surface area contributed by atoms with Crippen molar-refractivity contribution < 1.29 is 14.3 Å². The summed E-state index contributed by atoms with van der Waals surface area (Å²) in [4.78, 5) is 33.7. The van der Waals surface area contributed by atoms with Crippen molar-refractivity contribution in [1.29, 1.82) is 0 Å². The van der Waals surface area contributed by atoms with Gasteiger partial charge in [-0.05, 0) is 61.4 Å². The molecule has 0 saturated carbocycles. The number of carbonyl (C=O) groups excluding carboxylic acids is 2. The Labute approximate surface area is 214 Å². The molecule has 1 aliphatic rings. The number of ether oxygens (including phenoxy) is 1. The van der Waals surface area contributed by atoms with E-state index in [-0.39, 0.29) is 18.4 Å². The lowest BCUT2D eigenvalue weighted by Crippen LogP contribution is -2.38. The molecule has 1 fully saturated rings. The second kappa shape index (κ2) is 10.5. The zero-order valence-electron chi connectivity index (χ0n) is 20.1. The van der Waals surface area contributed by atoms with Crippen LogP contribution in [0.5, 0.6) is 0 Å². The molecule has 1 N–H and O–H groups in total. The summed E-state index contributed by atoms with van der Waals surface area (Å²) >= 11 is 6.24. The minimum atomic E-state index is -0.259. The van der Waals surface area contributed by atoms with Crippen LogP contribution in [0.4, 0.5) is 16.3 Å². The number of fused-ring (bicyclic) bond motifs is 3. The van der Waals surface area contributed by atoms with Crippen molar-refractivity contribution >= 4 is 51.7 Å². The van der Waals surface area contributed by atoms with Crippen molar-refractivity contribution in [1.82, 2.24) is 14.3 Å². The molecule has 0 aliphatic carbocycles. The molecule has 0 bridgehead atoms. The molecule has 0 radical (unpaired) electrons. The topological polar surface area (TPSA) is 79.2 Å². The molecule has 1 saturated heterocycles. The van der Waals surface area contributed by atoms with Gasteiger partial charge in [-0.1, -0.05) is 23.7 Å². The molecule has 3 heterocycles. The largest absolute Gasteiger partial charge is 0.466 e. The summed E-state index contributed by atoms with van der Waals surface area (Å²) in [6.45, 7) is 4.85. The summed E-state index contributed by atoms with van der Waals surface area (Å²) in [5.74, 6) is 0.638. The SMILES string of the molecule is CCOC(=O)Cc1ccc(NC(=O)N2CCCN(c3nc4cc(Cl)ccc4n4cccc34)CC2)cc1. The van der Waals surface area contributed by atoms with Gasteiger partial charge in [-0.15, -0.1) is 0 Å². The maximum Gasteiger partial charge on any atom is 0.321 e. The number of esters is 1. The Bertz CT molecular complexity index is 1400. The summed E-state index contributed by atoms with van der Waals surface area (Å²) in [5, 5.41) is 3.63. The average molecular weight is 506 g/mol. The van der Waals surface area contributed by atoms with E-state index in [1.807, 2.05) is 59.6 Å². The zero-order valence-corrected chi connectivity index (χ0v) is 20.9. The van der Waals surface area contributed by atoms with E-state index in [1.54, 1.807) is 6.92 Å². The number of amides is 2. The molecule has 2 aromatic heterocycles. The summed E-state index contributed by atoms with van der Waals surface area (Å²) in [6.07, 6.45) is 3.08. The number of anilines is 2. The highest BCUT2D eigenvalue weighted by Crippen LogP contribution is 2.28. The zero-order chi connectivity index (χ0) is 25.1. The van der Waals surface area contributed by atoms with Crippen LogP contribution in [0.15, 0.2) is 60.8 Å². The van der Waals surface area contributed by atoms with Crippen LogP contribution in [-0.2, 0) is 16.0 Å². The van der Waals surface area contributed by atoms with Gasteiger partial charge in [0.25, 0.3) is 0 Å². The Kier molecular flexibility index (Phi) is 6.95. The third kappa shape index (κ3) is 5.09. The van der Waals surface area contributed by atoms with Crippen molar-refractivity contribution in [2.45, 2.75) is 19.8 Å². The Morgan fingerprint density at radius 2 is 1.86 bits per heavy atom. The predicted molar refractivity (Wildman–Crippen MR) is 142 cm³/mol. The minimum absolute atomic E-state index is 0.138. The van der Waals surface area contributed by atoms with Crippen LogP contribution in [0.2, 0.25) is 5.02 Å². The van der Waals surface area contributed by atoms with Gasteiger partial charge < -0.3 is 24.3 Å². The smallest absolute Gasteiger partial charge is 0.321 e. The van der Waals surface area contributed by atoms with Gasteiger partial charge in [-0.3, -0.25) is 4.79 Å². The summed E-state index contributed by atoms with van der Waals surface area (Å²) in [7, 11) is 0. The molecule has 36 heavy (non-hydrogen) atoms. The highest BCUT2D eigenvalue weighted by Gasteiger charge is 2.22. The van der Waals surface area contributed by atoms with Crippen LogP contribution < -0.4 is 10.2 Å². The lowest BCUT2D eigenvalue weighted by atomic mass is 10.1. The Morgan fingerprint density at radius 1 is 1.03 bits per heavy atom. The molecule has 2 amide bonds. The van der Waals surface area contributed by atoms with E-state index in [9.17, 15) is 9.59 Å². The lowest BCUT2D eigenvalue weighted by Gasteiger charge is -2.24. The Balaban J connectivity index is 1.26. The standard InChI is InChI=1S/C27H28ClN5O3/c1-2-36-25(34)17-19-6-9-21(10-7-19)29-27(35)32-13-4-12-31(15-16-32)26-24-5-3-14-33(24)23-11-8-20(28)18-22(23)30-26/h3,5-11,14,18H,2,4,12-13,15-17H2,1H3,(H,29,35). The third-order valence-corrected chi connectivity index (χ3v) is 6.58. The number of aromatic nitrogens is 2. The van der Waals surface area contributed by atoms with Crippen LogP contribution in [0, 0.1) is 0 Å². The highest BCUT2D eigenvalue weighted by molar-refractivity contribution is 6.31. The fourth-order valence-corrected chi connectivity index (χ4v) is 4.75. The van der Waals surface area contributed by atoms with E-state index in [0.29, 0.717) is 37.0 Å². The van der Waals surface area contributed by atoms with Gasteiger partial charge >= 0.3 is 12.0 Å². The number of nitrogens with one attached hydrogen (secondary N) is 1. The third-order valence-electron chi connectivity index (χ3n) is 6.34. The summed E-state index contributed by atoms with van der Waals surface area (Å²) in [5.41, 5.74) is 4.42. The molecular formula is C27H28ClN5O3. The summed E-state index contributed by atoms with van der Waals surface area (Å²) in [6, 6.07) is 17.0. The number of hydrogen-bond donors (Lipinski definition) is 1. The number of rotatable bonds is 5. The number of halogens is 1. The van der Waals surface area contributed by atoms with Gasteiger partial charge in [0.1, 0.15) is 0 Å². The lowest BCUT2D eigenvalue weighted by molar-refractivity contribution is -0.142. The van der Waals surface area contributed by atoms with Gasteiger partial charge in [0.05, 0.1) is 29.6 Å². The van der Waals surface area contributed by atoms with E-state index in [2.05, 4.69) is 20.7 Å². The van der Waals surface area contributed by atoms with Crippen molar-refractivity contribution in [2.24, 2.45) is 0 Å². The maximum absolute atomic E-state index is 13.0. The van der Waals surface area contributed by atoms with E-state index < -0.39 is 0 Å². The quantitative estimate of drug-likeness (QED) is 0.386. The van der Waals surface area contributed by atoms with Crippen molar-refractivity contribution in [3.05, 3.63) is 71.4 Å². The minimum Gasteiger partial charge on any atom is -0.466 e. The van der Waals surface area contributed by atoms with Crippen LogP contribution in [0.25, 0.3) is 16.6 Å². The molecular weight excluding hydrogens is 478 g/mol. The molecule has 8 nitrogen and oxygen atoms in total. The predicted octanol–water partition coefficient (Wildman–Crippen LogP) is 4.99. The molecule has 0 unspecified atom stereocenters. The number of hydrogen-bond acceptors (Lipinski definition) is 5. The van der Waals surface area contributed by atoms with Crippen molar-refractivity contribution in [2.75, 3.05) is 43.0 Å². The summed E-state index contributed by atoms with van der Waals surface area (Å²) < 4.78 is 7.12. The Morgan fingerprint density at radius 3 is 2.67 bits per heavy atom. The first kappa shape index (κ1) is 23.9. The van der Waals surface area contributed by atoms with Crippen LogP contribution in [-0.4, -0.2) is 59.1 Å². The molecule has 5 rings (SSSR count). The Hall–Kier alpha value is -3.78. The molecule has 4 aromatic rings. The molecule has 2 aromatic carbocycles. The van der Waals surface area contributed by atoms with Crippen molar-refractivity contribution in [3.8, 4) is 0 Å². The average Bonchev–Trinajstić information content (AvgIpc) is 3.22. The van der Waals surface area contributed by atoms with Gasteiger partial charge in [0, 0.05) is 43.1 Å². The second-order valence-electron chi connectivity index (χ2n) is 8.77. The monoisotopic (exact) mass is 505 g/mol. The number of benzene rings is 2. The van der Waals surface area contributed by atoms with Crippen molar-refractivity contribution in [3.63, 3.8) is 0 Å². The van der Waals surface area contributed by atoms with Crippen LogP contribution in [0.3, 0.4) is 0 Å². The molecule has 0 spiro atoms. The molecule has 9 heteroatoms. The fraction of sp³-hybridized carbons (Fsp3) is 0.296. The molecule has 0 atom stereocenters. The van der Waals surface area contributed by atoms with E-state index in [4.69, 9.17) is 21.3 Å². The van der Waals surface area contributed by atoms with Crippen LogP contribution >= 0.6 is 11.6 Å². The van der Waals surface area contributed by atoms with E-state index in [0.717, 1.165) is 40.9 Å². The molecule has 1 aliphatic heterocycles. The molecule has 186 valence electrons. The first-order valence-corrected chi connectivity index (χ1v) is 12.5. The van der Waals surface area contributed by atoms with E-state index in [1.165, 1.54) is 0 Å². The number of carbonyl (C=O) groups is 2. The highest BCUT2D eigenvalue weighted by atomic mass is 35.5.